The summed E-state index contributed by atoms with van der Waals surface area (Å²) in [7, 11) is 1.88. The van der Waals surface area contributed by atoms with E-state index in [0.29, 0.717) is 0 Å². The normalized spacial score (nSPS) is 12.3. The molecule has 0 N–H and O–H groups in total. The van der Waals surface area contributed by atoms with Gasteiger partial charge < -0.3 is 0 Å². The highest BCUT2D eigenvalue weighted by atomic mass is 15.3. The van der Waals surface area contributed by atoms with Gasteiger partial charge in [0.1, 0.15) is 0 Å². The Morgan fingerprint density at radius 3 is 2.54 bits per heavy atom. The minimum absolute atomic E-state index is 0.140. The van der Waals surface area contributed by atoms with Crippen LogP contribution in [0.5, 0.6) is 0 Å². The van der Waals surface area contributed by atoms with Gasteiger partial charge in [-0.1, -0.05) is 12.0 Å². The maximum atomic E-state index is 8.32. The summed E-state index contributed by atoms with van der Waals surface area (Å²) in [6, 6.07) is -0.140. The molecule has 5 nitrogen and oxygen atoms in total. The van der Waals surface area contributed by atoms with E-state index in [4.69, 9.17) is 5.53 Å². The molecule has 0 unspecified atom stereocenters. The third kappa shape index (κ3) is 1.65. The lowest BCUT2D eigenvalue weighted by molar-refractivity contribution is 0.725. The lowest BCUT2D eigenvalue weighted by atomic mass is 10.1. The molecule has 0 aromatic carbocycles. The molecule has 0 aliphatic heterocycles. The monoisotopic (exact) mass is 179 g/mol. The molecule has 1 atom stereocenters. The molecule has 0 radical (unpaired) electrons. The molecule has 1 aromatic rings. The number of hydrogen-bond donors (Lipinski definition) is 0. The first-order valence-corrected chi connectivity index (χ1v) is 4.12. The quantitative estimate of drug-likeness (QED) is 0.390. The van der Waals surface area contributed by atoms with Crippen LogP contribution in [0.15, 0.2) is 5.11 Å². The summed E-state index contributed by atoms with van der Waals surface area (Å²) in [5.41, 5.74) is 11.3. The second kappa shape index (κ2) is 3.49. The lowest BCUT2D eigenvalue weighted by Gasteiger charge is -2.04. The largest absolute Gasteiger partial charge is 0.272 e. The van der Waals surface area contributed by atoms with Gasteiger partial charge in [0, 0.05) is 23.2 Å². The zero-order valence-electron chi connectivity index (χ0n) is 8.31. The molecule has 0 aliphatic rings. The minimum atomic E-state index is -0.140. The fraction of sp³-hybridized carbons (Fsp3) is 0.625. The zero-order valence-corrected chi connectivity index (χ0v) is 8.31. The van der Waals surface area contributed by atoms with Crippen LogP contribution >= 0.6 is 0 Å². The highest BCUT2D eigenvalue weighted by molar-refractivity contribution is 5.27. The third-order valence-electron chi connectivity index (χ3n) is 2.21. The Labute approximate surface area is 77.0 Å². The van der Waals surface area contributed by atoms with Gasteiger partial charge >= 0.3 is 0 Å². The Kier molecular flexibility index (Phi) is 2.58. The van der Waals surface area contributed by atoms with Gasteiger partial charge in [-0.25, -0.2) is 0 Å². The average Bonchev–Trinajstić information content (AvgIpc) is 2.27. The number of azide groups is 1. The van der Waals surface area contributed by atoms with Crippen molar-refractivity contribution in [3.05, 3.63) is 27.4 Å². The van der Waals surface area contributed by atoms with Crippen LogP contribution < -0.4 is 0 Å². The Balaban J connectivity index is 3.19. The zero-order chi connectivity index (χ0) is 10.0. The summed E-state index contributed by atoms with van der Waals surface area (Å²) >= 11 is 0. The molecule has 1 aromatic heterocycles. The van der Waals surface area contributed by atoms with Crippen LogP contribution in [0.25, 0.3) is 10.4 Å². The Morgan fingerprint density at radius 1 is 1.54 bits per heavy atom. The number of aromatic nitrogens is 2. The van der Waals surface area contributed by atoms with Gasteiger partial charge in [-0.3, -0.25) is 4.68 Å². The Bertz CT molecular complexity index is 359. The van der Waals surface area contributed by atoms with Crippen LogP contribution in [0.4, 0.5) is 0 Å². The molecule has 5 heteroatoms. The highest BCUT2D eigenvalue weighted by Crippen LogP contribution is 2.23. The van der Waals surface area contributed by atoms with Crippen molar-refractivity contribution in [3.63, 3.8) is 0 Å². The summed E-state index contributed by atoms with van der Waals surface area (Å²) in [5.74, 6) is 0. The van der Waals surface area contributed by atoms with E-state index < -0.39 is 0 Å². The summed E-state index contributed by atoms with van der Waals surface area (Å²) < 4.78 is 1.80. The predicted molar refractivity (Wildman–Crippen MR) is 50.2 cm³/mol. The summed E-state index contributed by atoms with van der Waals surface area (Å²) in [6.07, 6.45) is 0. The Hall–Kier alpha value is -1.48. The molecular formula is C8H13N5. The van der Waals surface area contributed by atoms with Gasteiger partial charge in [0.15, 0.2) is 0 Å². The molecule has 0 spiro atoms. The summed E-state index contributed by atoms with van der Waals surface area (Å²) in [4.78, 5) is 2.79. The summed E-state index contributed by atoms with van der Waals surface area (Å²) in [6.45, 7) is 5.77. The van der Waals surface area contributed by atoms with Crippen LogP contribution in [0.2, 0.25) is 0 Å². The highest BCUT2D eigenvalue weighted by Gasteiger charge is 2.14. The van der Waals surface area contributed by atoms with E-state index in [2.05, 4.69) is 15.1 Å². The SMILES string of the molecule is Cc1nn(C)c(C)c1[C@@H](C)N=[N+]=[N-]. The van der Waals surface area contributed by atoms with Crippen molar-refractivity contribution in [3.8, 4) is 0 Å². The first-order valence-electron chi connectivity index (χ1n) is 4.12. The fourth-order valence-corrected chi connectivity index (χ4v) is 1.53. The van der Waals surface area contributed by atoms with E-state index in [1.165, 1.54) is 0 Å². The van der Waals surface area contributed by atoms with E-state index in [1.807, 2.05) is 27.8 Å². The smallest absolute Gasteiger partial charge is 0.0633 e. The molecule has 1 heterocycles. The van der Waals surface area contributed by atoms with Crippen LogP contribution in [0.1, 0.15) is 29.9 Å². The van der Waals surface area contributed by atoms with Crippen molar-refractivity contribution in [1.82, 2.24) is 9.78 Å². The molecule has 0 aliphatic carbocycles. The molecule has 1 rings (SSSR count). The van der Waals surface area contributed by atoms with Crippen molar-refractivity contribution in [2.75, 3.05) is 0 Å². The molecule has 70 valence electrons. The second-order valence-corrected chi connectivity index (χ2v) is 3.09. The second-order valence-electron chi connectivity index (χ2n) is 3.09. The van der Waals surface area contributed by atoms with Crippen LogP contribution in [-0.4, -0.2) is 9.78 Å². The maximum Gasteiger partial charge on any atom is 0.0633 e. The van der Waals surface area contributed by atoms with Crippen LogP contribution in [-0.2, 0) is 7.05 Å². The third-order valence-corrected chi connectivity index (χ3v) is 2.21. The van der Waals surface area contributed by atoms with Crippen molar-refractivity contribution >= 4 is 0 Å². The first-order chi connectivity index (χ1) is 6.07. The predicted octanol–water partition coefficient (Wildman–Crippen LogP) is 2.41. The van der Waals surface area contributed by atoms with Gasteiger partial charge in [0.2, 0.25) is 0 Å². The van der Waals surface area contributed by atoms with Gasteiger partial charge in [0.25, 0.3) is 0 Å². The number of nitrogens with zero attached hydrogens (tertiary/aromatic N) is 5. The lowest BCUT2D eigenvalue weighted by Crippen LogP contribution is -1.95. The van der Waals surface area contributed by atoms with E-state index in [1.54, 1.807) is 4.68 Å². The number of hydrogen-bond acceptors (Lipinski definition) is 2. The van der Waals surface area contributed by atoms with Crippen LogP contribution in [0, 0.1) is 13.8 Å². The number of rotatable bonds is 2. The molecule has 13 heavy (non-hydrogen) atoms. The summed E-state index contributed by atoms with van der Waals surface area (Å²) in [5, 5.41) is 7.90. The molecule has 0 saturated carbocycles. The van der Waals surface area contributed by atoms with Crippen molar-refractivity contribution < 1.29 is 0 Å². The number of aryl methyl sites for hydroxylation is 2. The van der Waals surface area contributed by atoms with E-state index >= 15 is 0 Å². The standard InChI is InChI=1S/C8H13N5/c1-5(10-12-9)8-6(2)11-13(4)7(8)3/h5H,1-4H3/t5-/m1/s1. The van der Waals surface area contributed by atoms with Crippen LogP contribution in [0.3, 0.4) is 0 Å². The Morgan fingerprint density at radius 2 is 2.15 bits per heavy atom. The maximum absolute atomic E-state index is 8.32. The van der Waals surface area contributed by atoms with Crippen molar-refractivity contribution in [2.24, 2.45) is 12.2 Å². The van der Waals surface area contributed by atoms with E-state index in [9.17, 15) is 0 Å². The fourth-order valence-electron chi connectivity index (χ4n) is 1.53. The molecule has 0 saturated heterocycles. The molecule has 0 bridgehead atoms. The minimum Gasteiger partial charge on any atom is -0.272 e. The topological polar surface area (TPSA) is 66.6 Å². The first kappa shape index (κ1) is 9.61. The van der Waals surface area contributed by atoms with Gasteiger partial charge in [-0.2, -0.15) is 5.10 Å². The van der Waals surface area contributed by atoms with E-state index in [-0.39, 0.29) is 6.04 Å². The molecule has 0 amide bonds. The van der Waals surface area contributed by atoms with Crippen molar-refractivity contribution in [1.29, 1.82) is 0 Å². The van der Waals surface area contributed by atoms with E-state index in [0.717, 1.165) is 17.0 Å². The van der Waals surface area contributed by atoms with Gasteiger partial charge in [-0.15, -0.1) is 0 Å². The van der Waals surface area contributed by atoms with Gasteiger partial charge in [0.05, 0.1) is 11.7 Å². The molecule has 0 fully saturated rings. The molecular weight excluding hydrogens is 166 g/mol. The van der Waals surface area contributed by atoms with Gasteiger partial charge in [-0.05, 0) is 19.4 Å². The average molecular weight is 179 g/mol. The van der Waals surface area contributed by atoms with Crippen molar-refractivity contribution in [2.45, 2.75) is 26.8 Å².